The van der Waals surface area contributed by atoms with Crippen LogP contribution < -0.4 is 5.32 Å². The summed E-state index contributed by atoms with van der Waals surface area (Å²) in [5.41, 5.74) is 1.13. The number of halogens is 1. The third-order valence-electron chi connectivity index (χ3n) is 3.16. The zero-order valence-corrected chi connectivity index (χ0v) is 12.9. The molecule has 0 saturated carbocycles. The number of carbonyl (C=O) groups excluding carboxylic acids is 1. The van der Waals surface area contributed by atoms with Gasteiger partial charge in [0.1, 0.15) is 5.82 Å². The first-order valence-corrected chi connectivity index (χ1v) is 7.68. The van der Waals surface area contributed by atoms with Crippen molar-refractivity contribution in [1.29, 1.82) is 0 Å². The van der Waals surface area contributed by atoms with Crippen LogP contribution in [-0.2, 0) is 0 Å². The summed E-state index contributed by atoms with van der Waals surface area (Å²) in [4.78, 5) is 26.6. The van der Waals surface area contributed by atoms with Crippen LogP contribution in [0.15, 0.2) is 53.9 Å². The fourth-order valence-electron chi connectivity index (χ4n) is 2.04. The number of hydrogen-bond acceptors (Lipinski definition) is 5. The summed E-state index contributed by atoms with van der Waals surface area (Å²) in [7, 11) is 0. The summed E-state index contributed by atoms with van der Waals surface area (Å²) in [5.74, 6) is -0.874. The van der Waals surface area contributed by atoms with E-state index in [0.717, 1.165) is 0 Å². The number of carbonyl (C=O) groups is 1. The van der Waals surface area contributed by atoms with Crippen LogP contribution in [0.2, 0.25) is 0 Å². The van der Waals surface area contributed by atoms with Gasteiger partial charge in [-0.15, -0.1) is 11.3 Å². The largest absolute Gasteiger partial charge is 0.298 e. The molecular formula is C16H10FN3O3S. The molecule has 2 aromatic carbocycles. The number of amides is 1. The molecule has 0 spiro atoms. The molecule has 24 heavy (non-hydrogen) atoms. The summed E-state index contributed by atoms with van der Waals surface area (Å²) >= 11 is 1.18. The Labute approximate surface area is 139 Å². The lowest BCUT2D eigenvalue weighted by atomic mass is 10.2. The average Bonchev–Trinajstić information content (AvgIpc) is 3.03. The molecule has 120 valence electrons. The summed E-state index contributed by atoms with van der Waals surface area (Å²) in [5, 5.41) is 15.4. The molecule has 0 radical (unpaired) electrons. The second kappa shape index (κ2) is 6.55. The highest BCUT2D eigenvalue weighted by molar-refractivity contribution is 7.14. The monoisotopic (exact) mass is 343 g/mol. The number of nitro groups is 1. The highest BCUT2D eigenvalue weighted by Gasteiger charge is 2.13. The van der Waals surface area contributed by atoms with E-state index in [0.29, 0.717) is 16.4 Å². The maximum atomic E-state index is 13.2. The number of nitrogens with one attached hydrogen (secondary N) is 1. The summed E-state index contributed by atoms with van der Waals surface area (Å²) < 4.78 is 13.2. The SMILES string of the molecule is O=C(Nc1nc(-c2cccc(F)c2)cs1)c1cccc([N+](=O)[O-])c1. The number of nitrogens with zero attached hydrogens (tertiary/aromatic N) is 2. The highest BCUT2D eigenvalue weighted by atomic mass is 32.1. The summed E-state index contributed by atoms with van der Waals surface area (Å²) in [6.45, 7) is 0. The molecule has 0 aliphatic rings. The van der Waals surface area contributed by atoms with Gasteiger partial charge in [-0.2, -0.15) is 0 Å². The van der Waals surface area contributed by atoms with Gasteiger partial charge in [0.25, 0.3) is 11.6 Å². The maximum Gasteiger partial charge on any atom is 0.270 e. The zero-order valence-electron chi connectivity index (χ0n) is 12.1. The molecule has 0 aliphatic heterocycles. The average molecular weight is 343 g/mol. The zero-order chi connectivity index (χ0) is 17.1. The van der Waals surface area contributed by atoms with Crippen molar-refractivity contribution in [3.8, 4) is 11.3 Å². The Kier molecular flexibility index (Phi) is 4.30. The molecule has 3 aromatic rings. The molecule has 0 atom stereocenters. The number of aromatic nitrogens is 1. The van der Waals surface area contributed by atoms with Crippen LogP contribution in [0.5, 0.6) is 0 Å². The topological polar surface area (TPSA) is 85.1 Å². The first-order valence-electron chi connectivity index (χ1n) is 6.80. The fraction of sp³-hybridized carbons (Fsp3) is 0. The normalized spacial score (nSPS) is 10.4. The van der Waals surface area contributed by atoms with Gasteiger partial charge in [0.2, 0.25) is 0 Å². The van der Waals surface area contributed by atoms with Crippen LogP contribution in [-0.4, -0.2) is 15.8 Å². The second-order valence-corrected chi connectivity index (χ2v) is 5.67. The molecule has 1 N–H and O–H groups in total. The molecule has 0 bridgehead atoms. The standard InChI is InChI=1S/C16H10FN3O3S/c17-12-5-1-3-10(7-12)14-9-24-16(18-14)19-15(21)11-4-2-6-13(8-11)20(22)23/h1-9H,(H,18,19,21). The van der Waals surface area contributed by atoms with Crippen LogP contribution in [0.25, 0.3) is 11.3 Å². The maximum absolute atomic E-state index is 13.2. The number of benzene rings is 2. The lowest BCUT2D eigenvalue weighted by Crippen LogP contribution is -2.11. The van der Waals surface area contributed by atoms with E-state index in [9.17, 15) is 19.3 Å². The van der Waals surface area contributed by atoms with Crippen molar-refractivity contribution >= 4 is 28.1 Å². The Bertz CT molecular complexity index is 926. The Hall–Kier alpha value is -3.13. The van der Waals surface area contributed by atoms with Crippen molar-refractivity contribution in [2.75, 3.05) is 5.32 Å². The molecule has 1 heterocycles. The Morgan fingerprint density at radius 2 is 2.00 bits per heavy atom. The lowest BCUT2D eigenvalue weighted by Gasteiger charge is -2.01. The van der Waals surface area contributed by atoms with Crippen molar-refractivity contribution in [3.05, 3.63) is 75.4 Å². The highest BCUT2D eigenvalue weighted by Crippen LogP contribution is 2.26. The van der Waals surface area contributed by atoms with E-state index in [-0.39, 0.29) is 17.1 Å². The minimum absolute atomic E-state index is 0.159. The van der Waals surface area contributed by atoms with Crippen molar-refractivity contribution in [3.63, 3.8) is 0 Å². The molecule has 8 heteroatoms. The lowest BCUT2D eigenvalue weighted by molar-refractivity contribution is -0.384. The predicted molar refractivity (Wildman–Crippen MR) is 88.6 cm³/mol. The quantitative estimate of drug-likeness (QED) is 0.570. The molecule has 0 aliphatic carbocycles. The molecule has 6 nitrogen and oxygen atoms in total. The van der Waals surface area contributed by atoms with Gasteiger partial charge in [-0.1, -0.05) is 18.2 Å². The van der Waals surface area contributed by atoms with Gasteiger partial charge in [0.05, 0.1) is 10.6 Å². The van der Waals surface area contributed by atoms with E-state index in [4.69, 9.17) is 0 Å². The van der Waals surface area contributed by atoms with E-state index >= 15 is 0 Å². The third kappa shape index (κ3) is 3.44. The van der Waals surface area contributed by atoms with Crippen molar-refractivity contribution in [2.45, 2.75) is 0 Å². The van der Waals surface area contributed by atoms with Crippen molar-refractivity contribution < 1.29 is 14.1 Å². The fourth-order valence-corrected chi connectivity index (χ4v) is 2.76. The first-order chi connectivity index (χ1) is 11.5. The Morgan fingerprint density at radius 3 is 2.75 bits per heavy atom. The minimum atomic E-state index is -0.567. The molecule has 0 unspecified atom stereocenters. The van der Waals surface area contributed by atoms with Gasteiger partial charge >= 0.3 is 0 Å². The van der Waals surface area contributed by atoms with Crippen molar-refractivity contribution in [1.82, 2.24) is 4.98 Å². The number of non-ortho nitro benzene ring substituents is 1. The predicted octanol–water partition coefficient (Wildman–Crippen LogP) is 4.11. The molecule has 3 rings (SSSR count). The van der Waals surface area contributed by atoms with Gasteiger partial charge in [-0.05, 0) is 18.2 Å². The molecule has 1 amide bonds. The number of nitro benzene ring substituents is 1. The number of anilines is 1. The van der Waals surface area contributed by atoms with Gasteiger partial charge in [-0.3, -0.25) is 20.2 Å². The summed E-state index contributed by atoms with van der Waals surface area (Å²) in [6, 6.07) is 11.4. The Morgan fingerprint density at radius 1 is 1.21 bits per heavy atom. The van der Waals surface area contributed by atoms with Crippen LogP contribution in [0.4, 0.5) is 15.2 Å². The van der Waals surface area contributed by atoms with Gasteiger partial charge in [0, 0.05) is 28.6 Å². The molecular weight excluding hydrogens is 333 g/mol. The van der Waals surface area contributed by atoms with Crippen molar-refractivity contribution in [2.24, 2.45) is 0 Å². The van der Waals surface area contributed by atoms with Crippen LogP contribution in [0.1, 0.15) is 10.4 Å². The number of rotatable bonds is 4. The minimum Gasteiger partial charge on any atom is -0.298 e. The van der Waals surface area contributed by atoms with Gasteiger partial charge < -0.3 is 0 Å². The van der Waals surface area contributed by atoms with Gasteiger partial charge in [-0.25, -0.2) is 9.37 Å². The van der Waals surface area contributed by atoms with Crippen LogP contribution >= 0.6 is 11.3 Å². The number of thiazole rings is 1. The molecule has 0 saturated heterocycles. The summed E-state index contributed by atoms with van der Waals surface area (Å²) in [6.07, 6.45) is 0. The first kappa shape index (κ1) is 15.8. The van der Waals surface area contributed by atoms with E-state index in [1.807, 2.05) is 0 Å². The van der Waals surface area contributed by atoms with E-state index in [2.05, 4.69) is 10.3 Å². The smallest absolute Gasteiger partial charge is 0.270 e. The third-order valence-corrected chi connectivity index (χ3v) is 3.92. The van der Waals surface area contributed by atoms with Gasteiger partial charge in [0.15, 0.2) is 5.13 Å². The second-order valence-electron chi connectivity index (χ2n) is 4.81. The Balaban J connectivity index is 1.78. The van der Waals surface area contributed by atoms with Crippen LogP contribution in [0.3, 0.4) is 0 Å². The van der Waals surface area contributed by atoms with Crippen LogP contribution in [0, 0.1) is 15.9 Å². The number of hydrogen-bond donors (Lipinski definition) is 1. The molecule has 0 fully saturated rings. The molecule has 1 aromatic heterocycles. The van der Waals surface area contributed by atoms with E-state index in [1.165, 1.54) is 47.7 Å². The van der Waals surface area contributed by atoms with E-state index < -0.39 is 10.8 Å². The van der Waals surface area contributed by atoms with E-state index in [1.54, 1.807) is 17.5 Å².